The van der Waals surface area contributed by atoms with Gasteiger partial charge in [0.05, 0.1) is 7.11 Å². The first-order valence-corrected chi connectivity index (χ1v) is 6.60. The lowest BCUT2D eigenvalue weighted by Crippen LogP contribution is -2.50. The van der Waals surface area contributed by atoms with Crippen molar-refractivity contribution in [2.24, 2.45) is 0 Å². The number of hydroxylamine groups is 1. The Morgan fingerprint density at radius 3 is 2.79 bits per heavy atom. The number of benzene rings is 1. The first kappa shape index (κ1) is 13.7. The molecule has 1 fully saturated rings. The molecular formula is C14H21N3O2. The number of rotatable bonds is 3. The number of piperidine rings is 1. The minimum atomic E-state index is -0.279. The molecule has 2 rings (SSSR count). The highest BCUT2D eigenvalue weighted by molar-refractivity contribution is 5.73. The Balaban J connectivity index is 1.93. The van der Waals surface area contributed by atoms with Crippen molar-refractivity contribution in [3.8, 4) is 0 Å². The molecule has 104 valence electrons. The van der Waals surface area contributed by atoms with E-state index >= 15 is 0 Å². The number of amides is 2. The molecule has 5 nitrogen and oxygen atoms in total. The highest BCUT2D eigenvalue weighted by atomic mass is 16.6. The molecule has 19 heavy (non-hydrogen) atoms. The molecule has 1 atom stereocenters. The van der Waals surface area contributed by atoms with Crippen molar-refractivity contribution in [2.45, 2.75) is 25.8 Å². The molecule has 1 aromatic carbocycles. The maximum atomic E-state index is 11.4. The maximum Gasteiger partial charge on any atom is 0.338 e. The van der Waals surface area contributed by atoms with Gasteiger partial charge in [-0.3, -0.25) is 4.84 Å². The predicted octanol–water partition coefficient (Wildman–Crippen LogP) is 1.82. The zero-order valence-corrected chi connectivity index (χ0v) is 11.5. The number of hydrogen-bond donors (Lipinski definition) is 2. The number of carbonyl (C=O) groups is 1. The molecule has 1 aliphatic rings. The van der Waals surface area contributed by atoms with Gasteiger partial charge in [0.1, 0.15) is 0 Å². The Morgan fingerprint density at radius 2 is 2.11 bits per heavy atom. The molecule has 0 aliphatic carbocycles. The summed E-state index contributed by atoms with van der Waals surface area (Å²) >= 11 is 0. The number of nitrogens with one attached hydrogen (secondary N) is 2. The number of urea groups is 1. The molecule has 0 spiro atoms. The van der Waals surface area contributed by atoms with Gasteiger partial charge in [-0.15, -0.1) is 0 Å². The van der Waals surface area contributed by atoms with Crippen LogP contribution in [0.2, 0.25) is 0 Å². The van der Waals surface area contributed by atoms with Gasteiger partial charge in [-0.05, 0) is 31.9 Å². The lowest BCUT2D eigenvalue weighted by molar-refractivity contribution is 0.105. The highest BCUT2D eigenvalue weighted by Crippen LogP contribution is 2.20. The molecule has 0 unspecified atom stereocenters. The van der Waals surface area contributed by atoms with Crippen LogP contribution >= 0.6 is 0 Å². The summed E-state index contributed by atoms with van der Waals surface area (Å²) < 4.78 is 0. The third-order valence-electron chi connectivity index (χ3n) is 3.35. The zero-order chi connectivity index (χ0) is 13.7. The van der Waals surface area contributed by atoms with Crippen LogP contribution in [0, 0.1) is 6.92 Å². The summed E-state index contributed by atoms with van der Waals surface area (Å²) in [6.07, 6.45) is 2.07. The van der Waals surface area contributed by atoms with Crippen molar-refractivity contribution in [3.63, 3.8) is 0 Å². The van der Waals surface area contributed by atoms with Crippen LogP contribution in [0.3, 0.4) is 0 Å². The van der Waals surface area contributed by atoms with Crippen LogP contribution in [0.5, 0.6) is 0 Å². The molecule has 0 saturated carbocycles. The number of nitrogens with zero attached hydrogens (tertiary/aromatic N) is 1. The average molecular weight is 263 g/mol. The van der Waals surface area contributed by atoms with E-state index in [1.54, 1.807) is 0 Å². The van der Waals surface area contributed by atoms with E-state index in [4.69, 9.17) is 0 Å². The van der Waals surface area contributed by atoms with Crippen LogP contribution < -0.4 is 15.7 Å². The number of anilines is 1. The monoisotopic (exact) mass is 263 g/mol. The molecule has 2 N–H and O–H groups in total. The van der Waals surface area contributed by atoms with Crippen LogP contribution in [-0.4, -0.2) is 32.3 Å². The second-order valence-electron chi connectivity index (χ2n) is 4.90. The second-order valence-corrected chi connectivity index (χ2v) is 4.90. The van der Waals surface area contributed by atoms with E-state index in [-0.39, 0.29) is 12.1 Å². The predicted molar refractivity (Wildman–Crippen MR) is 75.1 cm³/mol. The fourth-order valence-electron chi connectivity index (χ4n) is 2.39. The lowest BCUT2D eigenvalue weighted by atomic mass is 10.0. The molecular weight excluding hydrogens is 242 g/mol. The van der Waals surface area contributed by atoms with Gasteiger partial charge in [-0.1, -0.05) is 17.7 Å². The maximum absolute atomic E-state index is 11.4. The smallest absolute Gasteiger partial charge is 0.338 e. The van der Waals surface area contributed by atoms with Crippen molar-refractivity contribution in [2.75, 3.05) is 25.1 Å². The summed E-state index contributed by atoms with van der Waals surface area (Å²) in [7, 11) is 1.43. The third kappa shape index (κ3) is 3.86. The van der Waals surface area contributed by atoms with E-state index < -0.39 is 0 Å². The lowest BCUT2D eigenvalue weighted by Gasteiger charge is -2.34. The largest absolute Gasteiger partial charge is 0.369 e. The van der Waals surface area contributed by atoms with Gasteiger partial charge in [0.25, 0.3) is 0 Å². The summed E-state index contributed by atoms with van der Waals surface area (Å²) in [6, 6.07) is 8.37. The molecule has 0 aromatic heterocycles. The number of hydrogen-bond acceptors (Lipinski definition) is 3. The van der Waals surface area contributed by atoms with E-state index in [0.29, 0.717) is 0 Å². The molecule has 1 heterocycles. The standard InChI is InChI=1S/C14H21N3O2/c1-11-5-7-13(8-6-11)17-9-3-4-12(10-17)15-14(18)16-19-2/h5-8,12H,3-4,9-10H2,1-2H3,(H2,15,16,18)/t12-/m1/s1. The Labute approximate surface area is 113 Å². The summed E-state index contributed by atoms with van der Waals surface area (Å²) in [4.78, 5) is 18.3. The van der Waals surface area contributed by atoms with E-state index in [1.807, 2.05) is 0 Å². The SMILES string of the molecule is CONC(=O)N[C@@H]1CCCN(c2ccc(C)cc2)C1. The summed E-state index contributed by atoms with van der Waals surface area (Å²) in [5.41, 5.74) is 4.76. The van der Waals surface area contributed by atoms with Crippen molar-refractivity contribution in [1.82, 2.24) is 10.8 Å². The molecule has 0 bridgehead atoms. The molecule has 1 aromatic rings. The van der Waals surface area contributed by atoms with Crippen molar-refractivity contribution in [3.05, 3.63) is 29.8 Å². The molecule has 1 saturated heterocycles. The second kappa shape index (κ2) is 6.43. The Morgan fingerprint density at radius 1 is 1.37 bits per heavy atom. The van der Waals surface area contributed by atoms with Gasteiger partial charge in [0.15, 0.2) is 0 Å². The molecule has 2 amide bonds. The Hall–Kier alpha value is -1.75. The summed E-state index contributed by atoms with van der Waals surface area (Å²) in [5, 5.41) is 2.91. The first-order valence-electron chi connectivity index (χ1n) is 6.60. The van der Waals surface area contributed by atoms with E-state index in [1.165, 1.54) is 18.4 Å². The van der Waals surface area contributed by atoms with E-state index in [9.17, 15) is 4.79 Å². The van der Waals surface area contributed by atoms with Crippen LogP contribution in [0.4, 0.5) is 10.5 Å². The minimum Gasteiger partial charge on any atom is -0.369 e. The quantitative estimate of drug-likeness (QED) is 0.818. The van der Waals surface area contributed by atoms with Gasteiger partial charge in [-0.2, -0.15) is 0 Å². The zero-order valence-electron chi connectivity index (χ0n) is 11.5. The van der Waals surface area contributed by atoms with E-state index in [2.05, 4.69) is 51.7 Å². The molecule has 0 radical (unpaired) electrons. The Bertz CT molecular complexity index is 419. The molecule has 1 aliphatic heterocycles. The third-order valence-corrected chi connectivity index (χ3v) is 3.35. The number of aryl methyl sites for hydroxylation is 1. The topological polar surface area (TPSA) is 53.6 Å². The Kier molecular flexibility index (Phi) is 4.63. The fraction of sp³-hybridized carbons (Fsp3) is 0.500. The van der Waals surface area contributed by atoms with Gasteiger partial charge in [0.2, 0.25) is 0 Å². The van der Waals surface area contributed by atoms with Gasteiger partial charge < -0.3 is 10.2 Å². The van der Waals surface area contributed by atoms with Gasteiger partial charge in [0, 0.05) is 24.8 Å². The van der Waals surface area contributed by atoms with Crippen molar-refractivity contribution < 1.29 is 9.63 Å². The van der Waals surface area contributed by atoms with Crippen molar-refractivity contribution in [1.29, 1.82) is 0 Å². The first-order chi connectivity index (χ1) is 9.19. The fourth-order valence-corrected chi connectivity index (χ4v) is 2.39. The van der Waals surface area contributed by atoms with Crippen LogP contribution in [0.1, 0.15) is 18.4 Å². The van der Waals surface area contributed by atoms with Crippen LogP contribution in [-0.2, 0) is 4.84 Å². The summed E-state index contributed by atoms with van der Waals surface area (Å²) in [6.45, 7) is 3.95. The van der Waals surface area contributed by atoms with Gasteiger partial charge in [-0.25, -0.2) is 10.3 Å². The number of carbonyl (C=O) groups excluding carboxylic acids is 1. The minimum absolute atomic E-state index is 0.158. The van der Waals surface area contributed by atoms with Crippen molar-refractivity contribution >= 4 is 11.7 Å². The van der Waals surface area contributed by atoms with Crippen LogP contribution in [0.25, 0.3) is 0 Å². The van der Waals surface area contributed by atoms with Gasteiger partial charge >= 0.3 is 6.03 Å². The molecule has 5 heteroatoms. The summed E-state index contributed by atoms with van der Waals surface area (Å²) in [5.74, 6) is 0. The average Bonchev–Trinajstić information content (AvgIpc) is 2.40. The highest BCUT2D eigenvalue weighted by Gasteiger charge is 2.21. The van der Waals surface area contributed by atoms with Crippen LogP contribution in [0.15, 0.2) is 24.3 Å². The normalized spacial score (nSPS) is 19.1. The van der Waals surface area contributed by atoms with E-state index in [0.717, 1.165) is 25.9 Å².